The first-order valence-corrected chi connectivity index (χ1v) is 5.01. The maximum atomic E-state index is 10.8. The molecule has 0 amide bonds. The van der Waals surface area contributed by atoms with E-state index >= 15 is 0 Å². The molecule has 0 atom stereocenters. The fourth-order valence-corrected chi connectivity index (χ4v) is 1.02. The van der Waals surface area contributed by atoms with Gasteiger partial charge in [-0.2, -0.15) is 0 Å². The van der Waals surface area contributed by atoms with Crippen LogP contribution < -0.4 is 0 Å². The van der Waals surface area contributed by atoms with E-state index < -0.39 is 11.9 Å². The van der Waals surface area contributed by atoms with E-state index in [1.807, 2.05) is 0 Å². The summed E-state index contributed by atoms with van der Waals surface area (Å²) in [6, 6.07) is 0. The molecule has 0 aromatic rings. The summed E-state index contributed by atoms with van der Waals surface area (Å²) in [5.41, 5.74) is 0. The quantitative estimate of drug-likeness (QED) is 0.466. The molecule has 4 nitrogen and oxygen atoms in total. The van der Waals surface area contributed by atoms with E-state index in [0.29, 0.717) is 6.42 Å². The smallest absolute Gasteiger partial charge is 0.330 e. The predicted octanol–water partition coefficient (Wildman–Crippen LogP) is 1.68. The van der Waals surface area contributed by atoms with E-state index in [-0.39, 0.29) is 19.1 Å². The third-order valence-electron chi connectivity index (χ3n) is 1.87. The second-order valence-electron chi connectivity index (χ2n) is 3.18. The molecule has 0 fully saturated rings. The van der Waals surface area contributed by atoms with Gasteiger partial charge in [0.2, 0.25) is 0 Å². The van der Waals surface area contributed by atoms with Crippen molar-refractivity contribution in [3.63, 3.8) is 0 Å². The molecule has 0 aromatic heterocycles. The highest BCUT2D eigenvalue weighted by atomic mass is 16.5. The summed E-state index contributed by atoms with van der Waals surface area (Å²) in [5.74, 6) is -1.00. The second kappa shape index (κ2) is 8.71. The van der Waals surface area contributed by atoms with Crippen LogP contribution in [0.15, 0.2) is 25.3 Å². The van der Waals surface area contributed by atoms with Crippen LogP contribution in [0.25, 0.3) is 0 Å². The van der Waals surface area contributed by atoms with Gasteiger partial charge in [-0.05, 0) is 6.42 Å². The highest BCUT2D eigenvalue weighted by molar-refractivity contribution is 5.81. The molecule has 0 saturated carbocycles. The lowest BCUT2D eigenvalue weighted by Crippen LogP contribution is -2.19. The Morgan fingerprint density at radius 3 is 1.81 bits per heavy atom. The van der Waals surface area contributed by atoms with E-state index in [1.165, 1.54) is 0 Å². The average Bonchev–Trinajstić information content (AvgIpc) is 2.31. The number of carbonyl (C=O) groups is 2. The molecule has 0 saturated heterocycles. The Morgan fingerprint density at radius 2 is 1.50 bits per heavy atom. The van der Waals surface area contributed by atoms with Gasteiger partial charge in [0.05, 0.1) is 13.2 Å². The zero-order valence-corrected chi connectivity index (χ0v) is 9.31. The Morgan fingerprint density at radius 1 is 1.06 bits per heavy atom. The molecule has 0 aliphatic rings. The normalized spacial score (nSPS) is 9.62. The van der Waals surface area contributed by atoms with E-state index in [2.05, 4.69) is 20.1 Å². The van der Waals surface area contributed by atoms with Crippen LogP contribution in [-0.4, -0.2) is 25.2 Å². The molecule has 0 unspecified atom stereocenters. The van der Waals surface area contributed by atoms with Crippen molar-refractivity contribution in [3.8, 4) is 0 Å². The lowest BCUT2D eigenvalue weighted by molar-refractivity contribution is -0.143. The maximum Gasteiger partial charge on any atom is 0.330 e. The summed E-state index contributed by atoms with van der Waals surface area (Å²) in [7, 11) is 0. The van der Waals surface area contributed by atoms with Crippen LogP contribution in [0, 0.1) is 12.8 Å². The van der Waals surface area contributed by atoms with Gasteiger partial charge in [0.1, 0.15) is 0 Å². The van der Waals surface area contributed by atoms with Crippen molar-refractivity contribution < 1.29 is 19.1 Å². The van der Waals surface area contributed by atoms with E-state index in [4.69, 9.17) is 9.47 Å². The molecule has 89 valence electrons. The lowest BCUT2D eigenvalue weighted by atomic mass is 10.1. The molecular formula is C12H17O4. The number of rotatable bonds is 8. The minimum absolute atomic E-state index is 0.0368. The Hall–Kier alpha value is -1.58. The molecule has 0 N–H and O–H groups in total. The summed E-state index contributed by atoms with van der Waals surface area (Å²) in [5, 5.41) is 0. The molecular weight excluding hydrogens is 208 g/mol. The zero-order chi connectivity index (χ0) is 12.4. The van der Waals surface area contributed by atoms with E-state index in [1.54, 1.807) is 0 Å². The fourth-order valence-electron chi connectivity index (χ4n) is 1.02. The standard InChI is InChI=1S/C12H17O4/c1-4-7-10(8-15-11(13)5-2)9-16-12(14)6-3/h5-6,10H,1-4,7-9H2. The van der Waals surface area contributed by atoms with Crippen LogP contribution >= 0.6 is 0 Å². The van der Waals surface area contributed by atoms with Crippen LogP contribution in [0.1, 0.15) is 12.8 Å². The van der Waals surface area contributed by atoms with Gasteiger partial charge in [0, 0.05) is 18.1 Å². The first-order chi connectivity index (χ1) is 7.63. The van der Waals surface area contributed by atoms with Gasteiger partial charge in [-0.25, -0.2) is 9.59 Å². The first kappa shape index (κ1) is 14.4. The molecule has 0 heterocycles. The number of esters is 2. The molecule has 4 heteroatoms. The van der Waals surface area contributed by atoms with E-state index in [0.717, 1.165) is 18.6 Å². The summed E-state index contributed by atoms with van der Waals surface area (Å²) in [4.78, 5) is 21.7. The minimum Gasteiger partial charge on any atom is -0.462 e. The molecule has 0 bridgehead atoms. The SMILES string of the molecule is [CH2]CCC(COC(=O)C=C)COC(=O)C=C. The van der Waals surface area contributed by atoms with Gasteiger partial charge in [-0.15, -0.1) is 0 Å². The van der Waals surface area contributed by atoms with Gasteiger partial charge < -0.3 is 9.47 Å². The van der Waals surface area contributed by atoms with Crippen molar-refractivity contribution in [2.24, 2.45) is 5.92 Å². The predicted molar refractivity (Wildman–Crippen MR) is 60.4 cm³/mol. The Balaban J connectivity index is 3.95. The summed E-state index contributed by atoms with van der Waals surface area (Å²) in [6.45, 7) is 10.7. The molecule has 1 radical (unpaired) electrons. The Bertz CT molecular complexity index is 234. The Kier molecular flexibility index (Phi) is 7.85. The fraction of sp³-hybridized carbons (Fsp3) is 0.417. The maximum absolute atomic E-state index is 10.8. The number of hydrogen-bond donors (Lipinski definition) is 0. The average molecular weight is 225 g/mol. The van der Waals surface area contributed by atoms with Crippen molar-refractivity contribution >= 4 is 11.9 Å². The van der Waals surface area contributed by atoms with Crippen molar-refractivity contribution in [3.05, 3.63) is 32.2 Å². The number of ether oxygens (including phenoxy) is 2. The largest absolute Gasteiger partial charge is 0.462 e. The highest BCUT2D eigenvalue weighted by Gasteiger charge is 2.12. The van der Waals surface area contributed by atoms with E-state index in [9.17, 15) is 9.59 Å². The first-order valence-electron chi connectivity index (χ1n) is 5.01. The molecule has 16 heavy (non-hydrogen) atoms. The lowest BCUT2D eigenvalue weighted by Gasteiger charge is -2.15. The van der Waals surface area contributed by atoms with Crippen LogP contribution in [0.4, 0.5) is 0 Å². The third-order valence-corrected chi connectivity index (χ3v) is 1.87. The van der Waals surface area contributed by atoms with Gasteiger partial charge in [-0.3, -0.25) is 0 Å². The van der Waals surface area contributed by atoms with Crippen LogP contribution in [0.5, 0.6) is 0 Å². The molecule has 0 aliphatic heterocycles. The number of hydrogen-bond acceptors (Lipinski definition) is 4. The van der Waals surface area contributed by atoms with Gasteiger partial charge in [0.25, 0.3) is 0 Å². The summed E-state index contributed by atoms with van der Waals surface area (Å²) in [6.07, 6.45) is 3.59. The topological polar surface area (TPSA) is 52.6 Å². The Labute approximate surface area is 95.9 Å². The highest BCUT2D eigenvalue weighted by Crippen LogP contribution is 2.08. The third kappa shape index (κ3) is 6.81. The summed E-state index contributed by atoms with van der Waals surface area (Å²) >= 11 is 0. The minimum atomic E-state index is -0.482. The number of carbonyl (C=O) groups excluding carboxylic acids is 2. The van der Waals surface area contributed by atoms with Crippen molar-refractivity contribution in [1.29, 1.82) is 0 Å². The van der Waals surface area contributed by atoms with Crippen molar-refractivity contribution in [1.82, 2.24) is 0 Å². The van der Waals surface area contributed by atoms with Crippen LogP contribution in [-0.2, 0) is 19.1 Å². The molecule has 0 spiro atoms. The van der Waals surface area contributed by atoms with Gasteiger partial charge in [-0.1, -0.05) is 26.5 Å². The molecule has 0 aliphatic carbocycles. The molecule has 0 rings (SSSR count). The van der Waals surface area contributed by atoms with Crippen molar-refractivity contribution in [2.75, 3.05) is 13.2 Å². The zero-order valence-electron chi connectivity index (χ0n) is 9.31. The van der Waals surface area contributed by atoms with Crippen molar-refractivity contribution in [2.45, 2.75) is 12.8 Å². The van der Waals surface area contributed by atoms with Crippen LogP contribution in [0.3, 0.4) is 0 Å². The van der Waals surface area contributed by atoms with Gasteiger partial charge in [0.15, 0.2) is 0 Å². The van der Waals surface area contributed by atoms with Gasteiger partial charge >= 0.3 is 11.9 Å². The summed E-state index contributed by atoms with van der Waals surface area (Å²) < 4.78 is 9.74. The second-order valence-corrected chi connectivity index (χ2v) is 3.18. The monoisotopic (exact) mass is 225 g/mol. The van der Waals surface area contributed by atoms with Crippen LogP contribution in [0.2, 0.25) is 0 Å². The molecule has 0 aromatic carbocycles.